The predicted octanol–water partition coefficient (Wildman–Crippen LogP) is 2.58. The molecule has 1 atom stereocenters. The van der Waals surface area contributed by atoms with Crippen LogP contribution >= 0.6 is 24.0 Å². The van der Waals surface area contributed by atoms with Gasteiger partial charge in [0.2, 0.25) is 5.91 Å². The molecule has 0 heterocycles. The Morgan fingerprint density at radius 2 is 1.77 bits per heavy atom. The molecule has 0 aromatic rings. The zero-order valence-electron chi connectivity index (χ0n) is 17.5. The van der Waals surface area contributed by atoms with Crippen molar-refractivity contribution in [2.75, 3.05) is 33.7 Å². The number of guanidine groups is 1. The molecule has 6 nitrogen and oxygen atoms in total. The Morgan fingerprint density at radius 1 is 1.15 bits per heavy atom. The lowest BCUT2D eigenvalue weighted by Gasteiger charge is -2.35. The Kier molecular flexibility index (Phi) is 12.5. The van der Waals surface area contributed by atoms with E-state index in [-0.39, 0.29) is 42.0 Å². The molecule has 154 valence electrons. The molecule has 0 aromatic heterocycles. The van der Waals surface area contributed by atoms with Gasteiger partial charge in [-0.05, 0) is 60.5 Å². The summed E-state index contributed by atoms with van der Waals surface area (Å²) < 4.78 is 0. The quantitative estimate of drug-likeness (QED) is 0.297. The fourth-order valence-electron chi connectivity index (χ4n) is 3.44. The summed E-state index contributed by atoms with van der Waals surface area (Å²) in [5.41, 5.74) is -0.227. The van der Waals surface area contributed by atoms with E-state index < -0.39 is 0 Å². The Morgan fingerprint density at radius 3 is 2.27 bits per heavy atom. The van der Waals surface area contributed by atoms with Crippen LogP contribution in [0.1, 0.15) is 59.8 Å². The van der Waals surface area contributed by atoms with Crippen LogP contribution in [0.4, 0.5) is 0 Å². The molecule has 1 aliphatic carbocycles. The van der Waals surface area contributed by atoms with Gasteiger partial charge in [0.05, 0.1) is 0 Å². The summed E-state index contributed by atoms with van der Waals surface area (Å²) in [6, 6.07) is 0.493. The first-order chi connectivity index (χ1) is 11.7. The Balaban J connectivity index is 0.00000625. The average molecular weight is 481 g/mol. The maximum Gasteiger partial charge on any atom is 0.242 e. The molecule has 1 fully saturated rings. The van der Waals surface area contributed by atoms with Crippen molar-refractivity contribution in [1.82, 2.24) is 20.9 Å². The lowest BCUT2D eigenvalue weighted by atomic mass is 9.83. The van der Waals surface area contributed by atoms with Crippen LogP contribution in [0.25, 0.3) is 0 Å². The van der Waals surface area contributed by atoms with E-state index in [1.54, 1.807) is 0 Å². The Hall–Kier alpha value is -0.570. The minimum Gasteiger partial charge on any atom is -0.357 e. The van der Waals surface area contributed by atoms with Gasteiger partial charge in [0.15, 0.2) is 5.96 Å². The van der Waals surface area contributed by atoms with Gasteiger partial charge in [-0.1, -0.05) is 19.3 Å². The van der Waals surface area contributed by atoms with E-state index >= 15 is 0 Å². The number of halogens is 1. The molecule has 3 N–H and O–H groups in total. The molecule has 0 aliphatic heterocycles. The number of carbonyl (C=O) groups is 1. The van der Waals surface area contributed by atoms with Gasteiger partial charge in [0.25, 0.3) is 0 Å². The van der Waals surface area contributed by atoms with Crippen molar-refractivity contribution in [2.24, 2.45) is 10.9 Å². The van der Waals surface area contributed by atoms with Crippen molar-refractivity contribution in [3.05, 3.63) is 0 Å². The standard InChI is InChI=1S/C19H39N5O.HI/c1-7-20-18(22-14-17(25)23-19(2,3)4)21-13-16(24(5)6)15-11-9-8-10-12-15;/h15-16H,7-14H2,1-6H3,(H,23,25)(H2,20,21,22);1H. The van der Waals surface area contributed by atoms with Crippen molar-refractivity contribution in [3.63, 3.8) is 0 Å². The van der Waals surface area contributed by atoms with Crippen LogP contribution in [0, 0.1) is 5.92 Å². The minimum atomic E-state index is -0.227. The van der Waals surface area contributed by atoms with Gasteiger partial charge < -0.3 is 20.9 Å². The van der Waals surface area contributed by atoms with Gasteiger partial charge in [-0.3, -0.25) is 4.79 Å². The molecule has 1 amide bonds. The number of hydrogen-bond donors (Lipinski definition) is 3. The van der Waals surface area contributed by atoms with Crippen LogP contribution < -0.4 is 16.0 Å². The minimum absolute atomic E-state index is 0. The summed E-state index contributed by atoms with van der Waals surface area (Å²) >= 11 is 0. The van der Waals surface area contributed by atoms with Crippen molar-refractivity contribution < 1.29 is 4.79 Å². The highest BCUT2D eigenvalue weighted by Gasteiger charge is 2.25. The molecule has 7 heteroatoms. The second kappa shape index (κ2) is 12.8. The van der Waals surface area contributed by atoms with Crippen LogP contribution in [0.2, 0.25) is 0 Å². The summed E-state index contributed by atoms with van der Waals surface area (Å²) in [6.45, 7) is 9.74. The van der Waals surface area contributed by atoms with Crippen molar-refractivity contribution in [1.29, 1.82) is 0 Å². The molecule has 0 aromatic carbocycles. The van der Waals surface area contributed by atoms with Gasteiger partial charge in [-0.25, -0.2) is 4.99 Å². The van der Waals surface area contributed by atoms with E-state index in [0.29, 0.717) is 12.0 Å². The highest BCUT2D eigenvalue weighted by Crippen LogP contribution is 2.27. The summed E-state index contributed by atoms with van der Waals surface area (Å²) in [7, 11) is 4.31. The third-order valence-electron chi connectivity index (χ3n) is 4.58. The number of amides is 1. The number of rotatable bonds is 7. The Bertz CT molecular complexity index is 428. The number of likely N-dealkylation sites (N-methyl/N-ethyl adjacent to an activating group) is 1. The van der Waals surface area contributed by atoms with Crippen molar-refractivity contribution in [3.8, 4) is 0 Å². The van der Waals surface area contributed by atoms with E-state index in [4.69, 9.17) is 0 Å². The highest BCUT2D eigenvalue weighted by molar-refractivity contribution is 14.0. The summed E-state index contributed by atoms with van der Waals surface area (Å²) in [6.07, 6.45) is 6.68. The normalized spacial score (nSPS) is 17.4. The maximum atomic E-state index is 12.0. The third-order valence-corrected chi connectivity index (χ3v) is 4.58. The van der Waals surface area contributed by atoms with Gasteiger partial charge in [-0.2, -0.15) is 0 Å². The molecule has 1 saturated carbocycles. The van der Waals surface area contributed by atoms with Gasteiger partial charge in [0, 0.05) is 24.7 Å². The van der Waals surface area contributed by atoms with Gasteiger partial charge in [-0.15, -0.1) is 24.0 Å². The number of hydrogen-bond acceptors (Lipinski definition) is 3. The monoisotopic (exact) mass is 481 g/mol. The van der Waals surface area contributed by atoms with Crippen LogP contribution in [0.5, 0.6) is 0 Å². The van der Waals surface area contributed by atoms with Gasteiger partial charge in [0.1, 0.15) is 6.54 Å². The number of nitrogens with one attached hydrogen (secondary N) is 3. The van der Waals surface area contributed by atoms with Gasteiger partial charge >= 0.3 is 0 Å². The molecule has 0 radical (unpaired) electrons. The lowest BCUT2D eigenvalue weighted by molar-refractivity contribution is -0.121. The Labute approximate surface area is 177 Å². The summed E-state index contributed by atoms with van der Waals surface area (Å²) in [4.78, 5) is 18.7. The third kappa shape index (κ3) is 10.5. The average Bonchev–Trinajstić information content (AvgIpc) is 2.51. The molecule has 1 rings (SSSR count). The maximum absolute atomic E-state index is 12.0. The topological polar surface area (TPSA) is 68.8 Å². The first kappa shape index (κ1) is 25.4. The first-order valence-electron chi connectivity index (χ1n) is 9.72. The molecule has 1 aliphatic rings. The fraction of sp³-hybridized carbons (Fsp3) is 0.895. The van der Waals surface area contributed by atoms with Crippen LogP contribution in [0.15, 0.2) is 4.99 Å². The smallest absolute Gasteiger partial charge is 0.242 e. The van der Waals surface area contributed by atoms with Crippen LogP contribution in [0.3, 0.4) is 0 Å². The van der Waals surface area contributed by atoms with E-state index in [9.17, 15) is 4.79 Å². The summed E-state index contributed by atoms with van der Waals surface area (Å²) in [5.74, 6) is 1.40. The van der Waals surface area contributed by atoms with Crippen molar-refractivity contribution in [2.45, 2.75) is 71.4 Å². The molecule has 0 bridgehead atoms. The second-order valence-corrected chi connectivity index (χ2v) is 8.30. The summed E-state index contributed by atoms with van der Waals surface area (Å²) in [5, 5.41) is 9.61. The second-order valence-electron chi connectivity index (χ2n) is 8.30. The molecular weight excluding hydrogens is 441 g/mol. The lowest BCUT2D eigenvalue weighted by Crippen LogP contribution is -2.49. The number of aliphatic imine (C=N–C) groups is 1. The largest absolute Gasteiger partial charge is 0.357 e. The van der Waals surface area contributed by atoms with Crippen LogP contribution in [-0.2, 0) is 4.79 Å². The van der Waals surface area contributed by atoms with Crippen molar-refractivity contribution >= 4 is 35.8 Å². The van der Waals surface area contributed by atoms with E-state index in [1.165, 1.54) is 32.1 Å². The first-order valence-corrected chi connectivity index (χ1v) is 9.72. The van der Waals surface area contributed by atoms with E-state index in [0.717, 1.165) is 19.0 Å². The molecule has 1 unspecified atom stereocenters. The zero-order valence-corrected chi connectivity index (χ0v) is 19.9. The molecule has 0 saturated heterocycles. The van der Waals surface area contributed by atoms with Crippen LogP contribution in [-0.4, -0.2) is 62.1 Å². The van der Waals surface area contributed by atoms with E-state index in [1.807, 2.05) is 27.7 Å². The molecular formula is C19H40IN5O. The number of carbonyl (C=O) groups excluding carboxylic acids is 1. The fourth-order valence-corrected chi connectivity index (χ4v) is 3.44. The predicted molar refractivity (Wildman–Crippen MR) is 121 cm³/mol. The van der Waals surface area contributed by atoms with E-state index in [2.05, 4.69) is 39.9 Å². The SMILES string of the molecule is CCNC(=NCC(=O)NC(C)(C)C)NCC(C1CCCCC1)N(C)C.I. The molecule has 0 spiro atoms. The molecule has 26 heavy (non-hydrogen) atoms. The zero-order chi connectivity index (χ0) is 18.9. The highest BCUT2D eigenvalue weighted by atomic mass is 127. The number of nitrogens with zero attached hydrogens (tertiary/aromatic N) is 2.